The SMILES string of the molecule is CC(C)(C)[Si](C)(C)OCCCc1cc(=O)[nH]c([S-])c1C#N. The number of aromatic nitrogens is 1. The summed E-state index contributed by atoms with van der Waals surface area (Å²) in [6.45, 7) is 11.7. The van der Waals surface area contributed by atoms with Crippen molar-refractivity contribution in [2.75, 3.05) is 6.61 Å². The number of pyridine rings is 1. The van der Waals surface area contributed by atoms with Crippen LogP contribution in [0.15, 0.2) is 15.9 Å². The normalized spacial score (nSPS) is 12.2. The molecule has 1 N–H and O–H groups in total. The van der Waals surface area contributed by atoms with Crippen molar-refractivity contribution < 1.29 is 4.43 Å². The predicted molar refractivity (Wildman–Crippen MR) is 88.9 cm³/mol. The van der Waals surface area contributed by atoms with Crippen LogP contribution >= 0.6 is 0 Å². The zero-order chi connectivity index (χ0) is 16.3. The Morgan fingerprint density at radius 3 is 2.57 bits per heavy atom. The van der Waals surface area contributed by atoms with Crippen LogP contribution in [0.25, 0.3) is 0 Å². The number of rotatable bonds is 5. The van der Waals surface area contributed by atoms with Gasteiger partial charge in [-0.05, 0) is 36.5 Å². The third kappa shape index (κ3) is 4.66. The zero-order valence-corrected chi connectivity index (χ0v) is 15.2. The van der Waals surface area contributed by atoms with Gasteiger partial charge in [-0.25, -0.2) is 0 Å². The molecule has 1 heterocycles. The summed E-state index contributed by atoms with van der Waals surface area (Å²) in [5.74, 6) is 0. The molecule has 0 saturated carbocycles. The first-order valence-corrected chi connectivity index (χ1v) is 10.4. The van der Waals surface area contributed by atoms with E-state index in [2.05, 4.69) is 44.9 Å². The van der Waals surface area contributed by atoms with Crippen molar-refractivity contribution in [3.05, 3.63) is 27.5 Å². The molecule has 0 saturated heterocycles. The molecule has 0 aliphatic rings. The van der Waals surface area contributed by atoms with E-state index in [1.807, 2.05) is 0 Å². The third-order valence-electron chi connectivity index (χ3n) is 4.06. The lowest BCUT2D eigenvalue weighted by Crippen LogP contribution is -2.41. The lowest BCUT2D eigenvalue weighted by molar-refractivity contribution is 0.282. The molecule has 4 nitrogen and oxygen atoms in total. The van der Waals surface area contributed by atoms with Crippen LogP contribution in [-0.4, -0.2) is 19.9 Å². The predicted octanol–water partition coefficient (Wildman–Crippen LogP) is 3.11. The average molecular weight is 324 g/mol. The first-order chi connectivity index (χ1) is 9.58. The summed E-state index contributed by atoms with van der Waals surface area (Å²) >= 11 is 5.01. The molecular formula is C15H23N2O2SSi-. The fourth-order valence-corrected chi connectivity index (χ4v) is 3.08. The Labute approximate surface area is 133 Å². The van der Waals surface area contributed by atoms with Crippen molar-refractivity contribution in [3.63, 3.8) is 0 Å². The average Bonchev–Trinajstić information content (AvgIpc) is 2.32. The van der Waals surface area contributed by atoms with Crippen molar-refractivity contribution in [1.82, 2.24) is 4.98 Å². The van der Waals surface area contributed by atoms with Gasteiger partial charge in [0.25, 0.3) is 0 Å². The van der Waals surface area contributed by atoms with E-state index in [-0.39, 0.29) is 15.6 Å². The summed E-state index contributed by atoms with van der Waals surface area (Å²) in [5.41, 5.74) is 0.862. The minimum Gasteiger partial charge on any atom is -0.761 e. The molecule has 0 bridgehead atoms. The Balaban J connectivity index is 2.67. The number of aromatic amines is 1. The molecule has 116 valence electrons. The quantitative estimate of drug-likeness (QED) is 0.514. The van der Waals surface area contributed by atoms with Crippen LogP contribution < -0.4 is 5.56 Å². The molecule has 1 rings (SSSR count). The van der Waals surface area contributed by atoms with Gasteiger partial charge in [-0.3, -0.25) is 4.79 Å². The molecule has 21 heavy (non-hydrogen) atoms. The second-order valence-electron chi connectivity index (χ2n) is 6.69. The Bertz CT molecular complexity index is 597. The second kappa shape index (κ2) is 6.73. The first-order valence-electron chi connectivity index (χ1n) is 7.06. The number of nitrogens with one attached hydrogen (secondary N) is 1. The fraction of sp³-hybridized carbons (Fsp3) is 0.600. The van der Waals surface area contributed by atoms with Crippen LogP contribution in [0.1, 0.15) is 38.3 Å². The molecule has 0 aromatic carbocycles. The zero-order valence-electron chi connectivity index (χ0n) is 13.4. The lowest BCUT2D eigenvalue weighted by Gasteiger charge is -2.36. The highest BCUT2D eigenvalue weighted by molar-refractivity contribution is 7.58. The van der Waals surface area contributed by atoms with Crippen molar-refractivity contribution in [2.45, 2.75) is 56.8 Å². The maximum atomic E-state index is 11.4. The van der Waals surface area contributed by atoms with Crippen LogP contribution in [0, 0.1) is 11.3 Å². The van der Waals surface area contributed by atoms with Gasteiger partial charge in [0.1, 0.15) is 0 Å². The molecular weight excluding hydrogens is 300 g/mol. The third-order valence-corrected chi connectivity index (χ3v) is 8.91. The Morgan fingerprint density at radius 2 is 2.05 bits per heavy atom. The summed E-state index contributed by atoms with van der Waals surface area (Å²) in [4.78, 5) is 13.9. The molecule has 0 spiro atoms. The summed E-state index contributed by atoms with van der Waals surface area (Å²) in [7, 11) is -1.74. The molecule has 1 aromatic heterocycles. The number of H-pyrrole nitrogens is 1. The van der Waals surface area contributed by atoms with Crippen molar-refractivity contribution in [1.29, 1.82) is 5.26 Å². The van der Waals surface area contributed by atoms with Gasteiger partial charge in [-0.2, -0.15) is 5.26 Å². The molecule has 6 heteroatoms. The van der Waals surface area contributed by atoms with E-state index in [1.165, 1.54) is 6.07 Å². The Kier molecular flexibility index (Phi) is 5.73. The number of hydrogen-bond donors (Lipinski definition) is 1. The molecule has 0 atom stereocenters. The molecule has 0 amide bonds. The number of nitrogens with zero attached hydrogens (tertiary/aromatic N) is 1. The van der Waals surface area contributed by atoms with Crippen LogP contribution in [-0.2, 0) is 23.5 Å². The van der Waals surface area contributed by atoms with Gasteiger partial charge >= 0.3 is 0 Å². The van der Waals surface area contributed by atoms with E-state index in [0.717, 1.165) is 6.42 Å². The van der Waals surface area contributed by atoms with Crippen LogP contribution in [0.2, 0.25) is 18.1 Å². The van der Waals surface area contributed by atoms with E-state index >= 15 is 0 Å². The number of nitriles is 1. The topological polar surface area (TPSA) is 65.9 Å². The highest BCUT2D eigenvalue weighted by Gasteiger charge is 2.36. The van der Waals surface area contributed by atoms with Gasteiger partial charge in [0.2, 0.25) is 5.56 Å². The first kappa shape index (κ1) is 17.9. The highest BCUT2D eigenvalue weighted by atomic mass is 32.1. The number of hydrogen-bond acceptors (Lipinski definition) is 4. The standard InChI is InChI=1S/C15H24N2O2SSi/c1-15(2,3)21(4,5)19-8-6-7-11-9-13(18)17-14(20)12(11)10-16/h9H,6-8H2,1-5H3,(H2,17,18,20)/p-1. The largest absolute Gasteiger partial charge is 0.761 e. The minimum atomic E-state index is -1.74. The van der Waals surface area contributed by atoms with Crippen molar-refractivity contribution in [3.8, 4) is 6.07 Å². The van der Waals surface area contributed by atoms with Crippen LogP contribution in [0.3, 0.4) is 0 Å². The van der Waals surface area contributed by atoms with E-state index in [1.54, 1.807) is 0 Å². The van der Waals surface area contributed by atoms with Crippen molar-refractivity contribution in [2.24, 2.45) is 0 Å². The van der Waals surface area contributed by atoms with Gasteiger partial charge < -0.3 is 22.0 Å². The molecule has 0 unspecified atom stereocenters. The van der Waals surface area contributed by atoms with Crippen LogP contribution in [0.5, 0.6) is 0 Å². The van der Waals surface area contributed by atoms with E-state index in [9.17, 15) is 4.79 Å². The maximum Gasteiger partial charge on any atom is 0.246 e. The summed E-state index contributed by atoms with van der Waals surface area (Å²) in [6.07, 6.45) is 1.41. The second-order valence-corrected chi connectivity index (χ2v) is 11.9. The van der Waals surface area contributed by atoms with Gasteiger partial charge in [-0.15, -0.1) is 0 Å². The van der Waals surface area contributed by atoms with E-state index < -0.39 is 8.32 Å². The highest BCUT2D eigenvalue weighted by Crippen LogP contribution is 2.36. The Hall–Kier alpha value is -1.16. The number of aryl methyl sites for hydroxylation is 1. The lowest BCUT2D eigenvalue weighted by atomic mass is 10.1. The molecule has 0 radical (unpaired) electrons. The van der Waals surface area contributed by atoms with E-state index in [4.69, 9.17) is 22.3 Å². The maximum absolute atomic E-state index is 11.4. The fourth-order valence-electron chi connectivity index (χ4n) is 1.71. The monoisotopic (exact) mass is 323 g/mol. The van der Waals surface area contributed by atoms with Gasteiger partial charge in [0.15, 0.2) is 8.32 Å². The summed E-state index contributed by atoms with van der Waals surface area (Å²) in [5, 5.41) is 9.53. The van der Waals surface area contributed by atoms with Crippen LogP contribution in [0.4, 0.5) is 0 Å². The Morgan fingerprint density at radius 1 is 1.43 bits per heavy atom. The summed E-state index contributed by atoms with van der Waals surface area (Å²) < 4.78 is 6.09. The van der Waals surface area contributed by atoms with E-state index in [0.29, 0.717) is 24.2 Å². The smallest absolute Gasteiger partial charge is 0.246 e. The molecule has 0 aliphatic carbocycles. The van der Waals surface area contributed by atoms with Gasteiger partial charge in [0, 0.05) is 12.7 Å². The minimum absolute atomic E-state index is 0.183. The van der Waals surface area contributed by atoms with Gasteiger partial charge in [-0.1, -0.05) is 25.8 Å². The van der Waals surface area contributed by atoms with Crippen molar-refractivity contribution >= 4 is 20.9 Å². The molecule has 0 fully saturated rings. The molecule has 0 aliphatic heterocycles. The van der Waals surface area contributed by atoms with Gasteiger partial charge in [0.05, 0.1) is 11.6 Å². The summed E-state index contributed by atoms with van der Waals surface area (Å²) in [6, 6.07) is 3.53. The molecule has 1 aromatic rings.